The molecule has 0 unspecified atom stereocenters. The number of carbonyl (C=O) groups is 2. The van der Waals surface area contributed by atoms with E-state index in [0.717, 1.165) is 19.3 Å². The van der Waals surface area contributed by atoms with Gasteiger partial charge in [0.2, 0.25) is 0 Å². The number of piperidine rings is 1. The minimum atomic E-state index is -0.504. The zero-order valence-electron chi connectivity index (χ0n) is 15.0. The van der Waals surface area contributed by atoms with Crippen molar-refractivity contribution in [2.75, 3.05) is 31.7 Å². The highest BCUT2D eigenvalue weighted by Gasteiger charge is 2.38. The maximum atomic E-state index is 12.7. The molecule has 2 fully saturated rings. The summed E-state index contributed by atoms with van der Waals surface area (Å²) in [4.78, 5) is 26.5. The molecule has 3 rings (SSSR count). The molecule has 8 nitrogen and oxygen atoms in total. The third kappa shape index (κ3) is 3.95. The smallest absolute Gasteiger partial charge is 0.315 e. The van der Waals surface area contributed by atoms with Crippen LogP contribution in [0.4, 0.5) is 10.6 Å². The van der Waals surface area contributed by atoms with E-state index >= 15 is 0 Å². The second-order valence-electron chi connectivity index (χ2n) is 7.15. The molecule has 2 N–H and O–H groups in total. The minimum Gasteiger partial charge on any atom is -0.384 e. The average molecular weight is 349 g/mol. The number of aryl methyl sites for hydroxylation is 1. The van der Waals surface area contributed by atoms with Crippen LogP contribution in [0.3, 0.4) is 0 Å². The van der Waals surface area contributed by atoms with E-state index in [1.54, 1.807) is 22.9 Å². The zero-order valence-corrected chi connectivity index (χ0v) is 15.0. The molecule has 1 saturated carbocycles. The lowest BCUT2D eigenvalue weighted by molar-refractivity contribution is -0.121. The lowest BCUT2D eigenvalue weighted by Gasteiger charge is -2.41. The van der Waals surface area contributed by atoms with Crippen molar-refractivity contribution in [2.24, 2.45) is 12.5 Å². The van der Waals surface area contributed by atoms with Gasteiger partial charge in [0.25, 0.3) is 5.91 Å². The second kappa shape index (κ2) is 7.43. The molecular formula is C17H27N5O3. The van der Waals surface area contributed by atoms with Crippen molar-refractivity contribution in [3.63, 3.8) is 0 Å². The fourth-order valence-corrected chi connectivity index (χ4v) is 3.62. The number of hydrogen-bond acceptors (Lipinski definition) is 4. The van der Waals surface area contributed by atoms with Gasteiger partial charge in [-0.2, -0.15) is 5.10 Å². The first-order chi connectivity index (χ1) is 12.0. The van der Waals surface area contributed by atoms with Gasteiger partial charge in [-0.25, -0.2) is 4.79 Å². The van der Waals surface area contributed by atoms with E-state index in [2.05, 4.69) is 15.7 Å². The Morgan fingerprint density at radius 3 is 2.84 bits per heavy atom. The molecule has 1 saturated heterocycles. The first-order valence-corrected chi connectivity index (χ1v) is 8.87. The van der Waals surface area contributed by atoms with Gasteiger partial charge in [-0.15, -0.1) is 0 Å². The quantitative estimate of drug-likeness (QED) is 0.803. The van der Waals surface area contributed by atoms with Crippen LogP contribution in [0.15, 0.2) is 12.3 Å². The van der Waals surface area contributed by atoms with E-state index < -0.39 is 6.04 Å². The van der Waals surface area contributed by atoms with Crippen LogP contribution in [0.5, 0.6) is 0 Å². The molecular weight excluding hydrogens is 322 g/mol. The van der Waals surface area contributed by atoms with Gasteiger partial charge in [0.1, 0.15) is 6.04 Å². The fourth-order valence-electron chi connectivity index (χ4n) is 3.62. The summed E-state index contributed by atoms with van der Waals surface area (Å²) in [6.45, 7) is 1.87. The minimum absolute atomic E-state index is 0.0582. The number of hydrogen-bond donors (Lipinski definition) is 2. The van der Waals surface area contributed by atoms with E-state index in [4.69, 9.17) is 4.74 Å². The van der Waals surface area contributed by atoms with Crippen LogP contribution < -0.4 is 15.5 Å². The predicted molar refractivity (Wildman–Crippen MR) is 93.3 cm³/mol. The zero-order chi connectivity index (χ0) is 17.9. The molecule has 1 aromatic rings. The van der Waals surface area contributed by atoms with Crippen molar-refractivity contribution in [2.45, 2.75) is 38.1 Å². The lowest BCUT2D eigenvalue weighted by Crippen LogP contribution is -2.56. The molecule has 1 aliphatic heterocycles. The molecule has 1 atom stereocenters. The molecule has 0 aromatic carbocycles. The molecule has 1 aliphatic carbocycles. The predicted octanol–water partition coefficient (Wildman–Crippen LogP) is 1.03. The molecule has 2 heterocycles. The van der Waals surface area contributed by atoms with Crippen molar-refractivity contribution in [3.8, 4) is 0 Å². The first-order valence-electron chi connectivity index (χ1n) is 8.87. The van der Waals surface area contributed by atoms with Gasteiger partial charge in [0.15, 0.2) is 5.82 Å². The number of nitrogens with zero attached hydrogens (tertiary/aromatic N) is 3. The normalized spacial score (nSPS) is 22.4. The SMILES string of the molecule is COCC1(CNC(=O)N[C@@H]2CCCN(c3ccn(C)n3)C2=O)CCC1. The van der Waals surface area contributed by atoms with E-state index in [9.17, 15) is 9.59 Å². The summed E-state index contributed by atoms with van der Waals surface area (Å²) in [6, 6.07) is 1.02. The standard InChI is InChI=1S/C17H27N5O3/c1-21-10-6-14(20-21)22-9-3-5-13(15(22)23)19-16(24)18-11-17(12-25-2)7-4-8-17/h6,10,13H,3-5,7-9,11-12H2,1-2H3,(H2,18,19,24)/t13-/m1/s1. The Morgan fingerprint density at radius 1 is 1.44 bits per heavy atom. The first kappa shape index (κ1) is 17.7. The highest BCUT2D eigenvalue weighted by atomic mass is 16.5. The molecule has 25 heavy (non-hydrogen) atoms. The van der Waals surface area contributed by atoms with Gasteiger partial charge >= 0.3 is 6.03 Å². The maximum Gasteiger partial charge on any atom is 0.315 e. The number of anilines is 1. The number of rotatable bonds is 6. The number of methoxy groups -OCH3 is 1. The summed E-state index contributed by atoms with van der Waals surface area (Å²) in [5.74, 6) is 0.531. The van der Waals surface area contributed by atoms with Crippen LogP contribution in [0.1, 0.15) is 32.1 Å². The lowest BCUT2D eigenvalue weighted by atomic mass is 9.69. The van der Waals surface area contributed by atoms with Crippen LogP contribution in [0.25, 0.3) is 0 Å². The third-order valence-corrected chi connectivity index (χ3v) is 5.21. The Morgan fingerprint density at radius 2 is 2.24 bits per heavy atom. The van der Waals surface area contributed by atoms with E-state index in [1.165, 1.54) is 6.42 Å². The van der Waals surface area contributed by atoms with Crippen LogP contribution in [-0.4, -0.2) is 54.6 Å². The summed E-state index contributed by atoms with van der Waals surface area (Å²) in [7, 11) is 3.50. The summed E-state index contributed by atoms with van der Waals surface area (Å²) in [6.07, 6.45) is 6.60. The second-order valence-corrected chi connectivity index (χ2v) is 7.15. The molecule has 1 aromatic heterocycles. The van der Waals surface area contributed by atoms with Gasteiger partial charge in [-0.1, -0.05) is 6.42 Å². The molecule has 8 heteroatoms. The largest absolute Gasteiger partial charge is 0.384 e. The molecule has 0 spiro atoms. The van der Waals surface area contributed by atoms with Gasteiger partial charge in [-0.05, 0) is 25.7 Å². The topological polar surface area (TPSA) is 88.5 Å². The van der Waals surface area contributed by atoms with Crippen molar-refractivity contribution in [1.82, 2.24) is 20.4 Å². The average Bonchev–Trinajstić information content (AvgIpc) is 2.98. The number of urea groups is 1. The number of ether oxygens (including phenoxy) is 1. The van der Waals surface area contributed by atoms with Gasteiger partial charge in [0, 0.05) is 44.9 Å². The van der Waals surface area contributed by atoms with Crippen molar-refractivity contribution < 1.29 is 14.3 Å². The van der Waals surface area contributed by atoms with Crippen LogP contribution >= 0.6 is 0 Å². The Hall–Kier alpha value is -2.09. The maximum absolute atomic E-state index is 12.7. The molecule has 2 aliphatic rings. The summed E-state index contributed by atoms with van der Waals surface area (Å²) >= 11 is 0. The molecule has 3 amide bonds. The highest BCUT2D eigenvalue weighted by Crippen LogP contribution is 2.40. The van der Waals surface area contributed by atoms with Crippen LogP contribution in [-0.2, 0) is 16.6 Å². The monoisotopic (exact) mass is 349 g/mol. The Balaban J connectivity index is 1.53. The number of amides is 3. The van der Waals surface area contributed by atoms with E-state index in [-0.39, 0.29) is 17.4 Å². The van der Waals surface area contributed by atoms with E-state index in [0.29, 0.717) is 31.9 Å². The van der Waals surface area contributed by atoms with Gasteiger partial charge in [-0.3, -0.25) is 14.4 Å². The summed E-state index contributed by atoms with van der Waals surface area (Å²) in [5, 5.41) is 10.0. The highest BCUT2D eigenvalue weighted by molar-refractivity contribution is 5.99. The molecule has 138 valence electrons. The van der Waals surface area contributed by atoms with Crippen LogP contribution in [0.2, 0.25) is 0 Å². The number of aromatic nitrogens is 2. The van der Waals surface area contributed by atoms with Crippen molar-refractivity contribution in [1.29, 1.82) is 0 Å². The summed E-state index contributed by atoms with van der Waals surface area (Å²) in [5.41, 5.74) is 0.0582. The Bertz CT molecular complexity index is 626. The molecule has 0 bridgehead atoms. The fraction of sp³-hybridized carbons (Fsp3) is 0.706. The van der Waals surface area contributed by atoms with Crippen molar-refractivity contribution in [3.05, 3.63) is 12.3 Å². The number of nitrogens with one attached hydrogen (secondary N) is 2. The third-order valence-electron chi connectivity index (χ3n) is 5.21. The van der Waals surface area contributed by atoms with E-state index in [1.807, 2.05) is 13.1 Å². The van der Waals surface area contributed by atoms with Crippen molar-refractivity contribution >= 4 is 17.8 Å². The van der Waals surface area contributed by atoms with Crippen LogP contribution in [0, 0.1) is 5.41 Å². The number of carbonyl (C=O) groups excluding carboxylic acids is 2. The Labute approximate surface area is 147 Å². The van der Waals surface area contributed by atoms with Gasteiger partial charge < -0.3 is 15.4 Å². The summed E-state index contributed by atoms with van der Waals surface area (Å²) < 4.78 is 6.94. The molecule has 0 radical (unpaired) electrons. The Kier molecular flexibility index (Phi) is 5.27. The van der Waals surface area contributed by atoms with Gasteiger partial charge in [0.05, 0.1) is 6.61 Å².